The fourth-order valence-corrected chi connectivity index (χ4v) is 3.17. The molecular weight excluding hydrogens is 417 g/mol. The number of halogens is 4. The number of hydrogen-bond acceptors (Lipinski definition) is 1. The molecule has 1 N–H and O–H groups in total. The van der Waals surface area contributed by atoms with E-state index < -0.39 is 0 Å². The van der Waals surface area contributed by atoms with E-state index in [9.17, 15) is 13.2 Å². The van der Waals surface area contributed by atoms with E-state index in [0.717, 1.165) is 5.56 Å². The smallest absolute Gasteiger partial charge is 0.138 e. The van der Waals surface area contributed by atoms with Crippen LogP contribution in [0.3, 0.4) is 0 Å². The van der Waals surface area contributed by atoms with Crippen LogP contribution in [0, 0.1) is 17.5 Å². The lowest BCUT2D eigenvalue weighted by molar-refractivity contribution is 0.621. The summed E-state index contributed by atoms with van der Waals surface area (Å²) in [6.07, 6.45) is 0. The molecule has 4 aromatic rings. The SMILES string of the molecule is Fc1ccc(-c2nc(-c3ccc(F)c(Br)c3)[nH]c2-c2ccc(F)cc2)cc1. The lowest BCUT2D eigenvalue weighted by Crippen LogP contribution is -1.85. The Bertz CT molecular complexity index is 1040. The van der Waals surface area contributed by atoms with Gasteiger partial charge in [0.15, 0.2) is 0 Å². The lowest BCUT2D eigenvalue weighted by atomic mass is 10.1. The maximum absolute atomic E-state index is 13.6. The summed E-state index contributed by atoms with van der Waals surface area (Å²) < 4.78 is 40.5. The van der Waals surface area contributed by atoms with Crippen LogP contribution in [0.5, 0.6) is 0 Å². The molecule has 134 valence electrons. The summed E-state index contributed by atoms with van der Waals surface area (Å²) in [4.78, 5) is 7.86. The average molecular weight is 429 g/mol. The van der Waals surface area contributed by atoms with Gasteiger partial charge in [-0.3, -0.25) is 0 Å². The van der Waals surface area contributed by atoms with E-state index in [1.54, 1.807) is 36.4 Å². The number of H-pyrrole nitrogens is 1. The molecule has 0 aliphatic carbocycles. The van der Waals surface area contributed by atoms with Gasteiger partial charge in [0.2, 0.25) is 0 Å². The van der Waals surface area contributed by atoms with Crippen LogP contribution in [-0.2, 0) is 0 Å². The van der Waals surface area contributed by atoms with E-state index in [-0.39, 0.29) is 17.5 Å². The molecule has 0 bridgehead atoms. The van der Waals surface area contributed by atoms with Crippen molar-refractivity contribution in [2.75, 3.05) is 0 Å². The number of nitrogens with one attached hydrogen (secondary N) is 1. The molecule has 0 radical (unpaired) electrons. The average Bonchev–Trinajstić information content (AvgIpc) is 3.10. The molecule has 3 aromatic carbocycles. The maximum atomic E-state index is 13.6. The highest BCUT2D eigenvalue weighted by Crippen LogP contribution is 2.34. The monoisotopic (exact) mass is 428 g/mol. The molecule has 0 aliphatic rings. The van der Waals surface area contributed by atoms with E-state index >= 15 is 0 Å². The number of aromatic nitrogens is 2. The van der Waals surface area contributed by atoms with Gasteiger partial charge >= 0.3 is 0 Å². The normalized spacial score (nSPS) is 11.0. The van der Waals surface area contributed by atoms with Crippen molar-refractivity contribution < 1.29 is 13.2 Å². The second kappa shape index (κ2) is 7.04. The Morgan fingerprint density at radius 2 is 1.26 bits per heavy atom. The van der Waals surface area contributed by atoms with Crippen molar-refractivity contribution in [3.05, 3.63) is 88.7 Å². The number of imidazole rings is 1. The summed E-state index contributed by atoms with van der Waals surface area (Å²) in [5, 5.41) is 0. The highest BCUT2D eigenvalue weighted by Gasteiger charge is 2.16. The van der Waals surface area contributed by atoms with Gasteiger partial charge in [-0.2, -0.15) is 0 Å². The van der Waals surface area contributed by atoms with Gasteiger partial charge in [0, 0.05) is 16.7 Å². The predicted molar refractivity (Wildman–Crippen MR) is 102 cm³/mol. The minimum Gasteiger partial charge on any atom is -0.337 e. The quantitative estimate of drug-likeness (QED) is 0.391. The number of rotatable bonds is 3. The zero-order valence-corrected chi connectivity index (χ0v) is 15.4. The molecule has 0 saturated heterocycles. The zero-order chi connectivity index (χ0) is 19.0. The van der Waals surface area contributed by atoms with Crippen LogP contribution < -0.4 is 0 Å². The second-order valence-corrected chi connectivity index (χ2v) is 6.81. The molecule has 0 aliphatic heterocycles. The molecular formula is C21H12BrF3N2. The number of nitrogens with zero attached hydrogens (tertiary/aromatic N) is 1. The molecule has 4 rings (SSSR count). The molecule has 0 saturated carbocycles. The molecule has 0 fully saturated rings. The first-order valence-electron chi connectivity index (χ1n) is 8.08. The third-order valence-electron chi connectivity index (χ3n) is 4.15. The van der Waals surface area contributed by atoms with Crippen molar-refractivity contribution in [1.29, 1.82) is 0 Å². The van der Waals surface area contributed by atoms with Crippen molar-refractivity contribution in [2.24, 2.45) is 0 Å². The van der Waals surface area contributed by atoms with E-state index in [1.165, 1.54) is 30.3 Å². The topological polar surface area (TPSA) is 28.7 Å². The Kier molecular flexibility index (Phi) is 4.58. The van der Waals surface area contributed by atoms with Gasteiger partial charge in [-0.15, -0.1) is 0 Å². The van der Waals surface area contributed by atoms with Crippen molar-refractivity contribution in [2.45, 2.75) is 0 Å². The fourth-order valence-electron chi connectivity index (χ4n) is 2.80. The maximum Gasteiger partial charge on any atom is 0.138 e. The Balaban J connectivity index is 1.89. The van der Waals surface area contributed by atoms with E-state index in [2.05, 4.69) is 25.9 Å². The van der Waals surface area contributed by atoms with Crippen molar-refractivity contribution in [3.8, 4) is 33.9 Å². The predicted octanol–water partition coefficient (Wildman–Crippen LogP) is 6.59. The van der Waals surface area contributed by atoms with Gasteiger partial charge < -0.3 is 4.98 Å². The lowest BCUT2D eigenvalue weighted by Gasteiger charge is -2.03. The van der Waals surface area contributed by atoms with Gasteiger partial charge in [-0.1, -0.05) is 0 Å². The molecule has 2 nitrogen and oxygen atoms in total. The van der Waals surface area contributed by atoms with Crippen molar-refractivity contribution >= 4 is 15.9 Å². The number of aromatic amines is 1. The molecule has 0 spiro atoms. The zero-order valence-electron chi connectivity index (χ0n) is 13.8. The highest BCUT2D eigenvalue weighted by atomic mass is 79.9. The van der Waals surface area contributed by atoms with E-state index in [0.29, 0.717) is 32.8 Å². The number of hydrogen-bond donors (Lipinski definition) is 1. The minimum absolute atomic E-state index is 0.322. The Morgan fingerprint density at radius 1 is 0.704 bits per heavy atom. The summed E-state index contributed by atoms with van der Waals surface area (Å²) in [5.41, 5.74) is 3.38. The van der Waals surface area contributed by atoms with Crippen molar-refractivity contribution in [1.82, 2.24) is 9.97 Å². The molecule has 6 heteroatoms. The summed E-state index contributed by atoms with van der Waals surface area (Å²) in [7, 11) is 0. The van der Waals surface area contributed by atoms with Crippen LogP contribution in [-0.4, -0.2) is 9.97 Å². The number of benzene rings is 3. The van der Waals surface area contributed by atoms with Crippen molar-refractivity contribution in [3.63, 3.8) is 0 Å². The molecule has 27 heavy (non-hydrogen) atoms. The summed E-state index contributed by atoms with van der Waals surface area (Å²) in [6, 6.07) is 16.5. The fraction of sp³-hybridized carbons (Fsp3) is 0. The molecule has 0 amide bonds. The Morgan fingerprint density at radius 3 is 1.85 bits per heavy atom. The van der Waals surface area contributed by atoms with Crippen LogP contribution >= 0.6 is 15.9 Å². The Hall–Kier alpha value is -2.86. The van der Waals surface area contributed by atoms with Crippen LogP contribution in [0.4, 0.5) is 13.2 Å². The largest absolute Gasteiger partial charge is 0.337 e. The first-order chi connectivity index (χ1) is 13.0. The third kappa shape index (κ3) is 3.53. The Labute approximate surface area is 161 Å². The minimum atomic E-state index is -0.372. The van der Waals surface area contributed by atoms with Gasteiger partial charge in [-0.25, -0.2) is 18.2 Å². The molecule has 0 atom stereocenters. The summed E-state index contributed by atoms with van der Waals surface area (Å²) >= 11 is 3.17. The van der Waals surface area contributed by atoms with Crippen LogP contribution in [0.1, 0.15) is 0 Å². The first-order valence-corrected chi connectivity index (χ1v) is 8.88. The van der Waals surface area contributed by atoms with Gasteiger partial charge in [0.25, 0.3) is 0 Å². The van der Waals surface area contributed by atoms with E-state index in [1.807, 2.05) is 0 Å². The molecule has 1 aromatic heterocycles. The third-order valence-corrected chi connectivity index (χ3v) is 4.76. The first kappa shape index (κ1) is 17.5. The van der Waals surface area contributed by atoms with Crippen LogP contribution in [0.2, 0.25) is 0 Å². The van der Waals surface area contributed by atoms with Gasteiger partial charge in [-0.05, 0) is 82.7 Å². The van der Waals surface area contributed by atoms with Crippen LogP contribution in [0.15, 0.2) is 71.2 Å². The van der Waals surface area contributed by atoms with Gasteiger partial charge in [0.05, 0.1) is 15.9 Å². The highest BCUT2D eigenvalue weighted by molar-refractivity contribution is 9.10. The summed E-state index contributed by atoms with van der Waals surface area (Å²) in [5.74, 6) is -0.540. The standard InChI is InChI=1S/C21H12BrF3N2/c22-17-11-14(5-10-18(17)25)21-26-19(12-1-6-15(23)7-2-12)20(27-21)13-3-8-16(24)9-4-13/h1-11H,(H,26,27). The van der Waals surface area contributed by atoms with Gasteiger partial charge in [0.1, 0.15) is 23.3 Å². The molecule has 0 unspecified atom stereocenters. The second-order valence-electron chi connectivity index (χ2n) is 5.95. The van der Waals surface area contributed by atoms with Crippen LogP contribution in [0.25, 0.3) is 33.9 Å². The van der Waals surface area contributed by atoms with E-state index in [4.69, 9.17) is 0 Å². The molecule has 1 heterocycles. The summed E-state index contributed by atoms with van der Waals surface area (Å²) in [6.45, 7) is 0.